The third kappa shape index (κ3) is 4.33. The van der Waals surface area contributed by atoms with E-state index in [-0.39, 0.29) is 14.9 Å². The second-order valence-corrected chi connectivity index (χ2v) is 7.05. The zero-order chi connectivity index (χ0) is 13.9. The zero-order valence-corrected chi connectivity index (χ0v) is 12.7. The van der Waals surface area contributed by atoms with Crippen LogP contribution in [0.3, 0.4) is 0 Å². The van der Waals surface area contributed by atoms with Gasteiger partial charge >= 0.3 is 0 Å². The highest BCUT2D eigenvalue weighted by Gasteiger charge is 2.21. The summed E-state index contributed by atoms with van der Waals surface area (Å²) in [6.07, 6.45) is 3.18. The number of hydrogen-bond donors (Lipinski definition) is 2. The molecule has 0 bridgehead atoms. The van der Waals surface area contributed by atoms with Gasteiger partial charge in [0, 0.05) is 12.6 Å². The summed E-state index contributed by atoms with van der Waals surface area (Å²) in [6, 6.07) is 5.27. The smallest absolute Gasteiger partial charge is 0.243 e. The standard InChI is InChI=1S/C12H16Cl2N2O2S/c13-10-3-1-4-11(14)12(10)19(17,18)16-8-2-7-15-9-5-6-9/h1,3-4,9,15-16H,2,5-8H2. The van der Waals surface area contributed by atoms with Gasteiger partial charge in [0.25, 0.3) is 0 Å². The van der Waals surface area contributed by atoms with E-state index in [0.29, 0.717) is 12.6 Å². The highest BCUT2D eigenvalue weighted by molar-refractivity contribution is 7.89. The molecule has 2 rings (SSSR count). The van der Waals surface area contributed by atoms with E-state index in [2.05, 4.69) is 10.0 Å². The molecule has 19 heavy (non-hydrogen) atoms. The highest BCUT2D eigenvalue weighted by Crippen LogP contribution is 2.28. The minimum absolute atomic E-state index is 0.0477. The Balaban J connectivity index is 1.89. The molecule has 1 aliphatic carbocycles. The van der Waals surface area contributed by atoms with Crippen molar-refractivity contribution >= 4 is 33.2 Å². The van der Waals surface area contributed by atoms with Gasteiger partial charge in [0.05, 0.1) is 10.0 Å². The molecule has 0 unspecified atom stereocenters. The average molecular weight is 323 g/mol. The number of halogens is 2. The van der Waals surface area contributed by atoms with Crippen molar-refractivity contribution in [3.05, 3.63) is 28.2 Å². The number of hydrogen-bond acceptors (Lipinski definition) is 3. The van der Waals surface area contributed by atoms with Gasteiger partial charge in [-0.05, 0) is 37.9 Å². The van der Waals surface area contributed by atoms with Gasteiger partial charge in [-0.1, -0.05) is 29.3 Å². The van der Waals surface area contributed by atoms with Gasteiger partial charge in [-0.25, -0.2) is 13.1 Å². The van der Waals surface area contributed by atoms with Crippen molar-refractivity contribution in [3.8, 4) is 0 Å². The lowest BCUT2D eigenvalue weighted by atomic mass is 10.4. The van der Waals surface area contributed by atoms with Crippen LogP contribution in [0, 0.1) is 0 Å². The summed E-state index contributed by atoms with van der Waals surface area (Å²) < 4.78 is 26.7. The molecule has 1 fully saturated rings. The van der Waals surface area contributed by atoms with E-state index in [4.69, 9.17) is 23.2 Å². The monoisotopic (exact) mass is 322 g/mol. The molecule has 0 aromatic heterocycles. The van der Waals surface area contributed by atoms with Crippen LogP contribution in [0.25, 0.3) is 0 Å². The predicted octanol–water partition coefficient (Wildman–Crippen LogP) is 2.41. The van der Waals surface area contributed by atoms with Crippen molar-refractivity contribution in [1.82, 2.24) is 10.0 Å². The molecule has 1 aromatic carbocycles. The second kappa shape index (κ2) is 6.41. The van der Waals surface area contributed by atoms with Gasteiger partial charge in [0.1, 0.15) is 4.90 Å². The molecule has 1 aromatic rings. The van der Waals surface area contributed by atoms with E-state index < -0.39 is 10.0 Å². The van der Waals surface area contributed by atoms with Crippen LogP contribution in [0.1, 0.15) is 19.3 Å². The number of nitrogens with one attached hydrogen (secondary N) is 2. The maximum Gasteiger partial charge on any atom is 0.243 e. The van der Waals surface area contributed by atoms with Crippen LogP contribution < -0.4 is 10.0 Å². The fourth-order valence-corrected chi connectivity index (χ4v) is 3.91. The number of sulfonamides is 1. The molecule has 0 amide bonds. The van der Waals surface area contributed by atoms with E-state index in [1.807, 2.05) is 0 Å². The predicted molar refractivity (Wildman–Crippen MR) is 77.3 cm³/mol. The van der Waals surface area contributed by atoms with Crippen LogP contribution >= 0.6 is 23.2 Å². The Morgan fingerprint density at radius 1 is 1.16 bits per heavy atom. The number of benzene rings is 1. The van der Waals surface area contributed by atoms with Crippen LogP contribution in [0.4, 0.5) is 0 Å². The average Bonchev–Trinajstić information content (AvgIpc) is 3.11. The van der Waals surface area contributed by atoms with Gasteiger partial charge in [-0.3, -0.25) is 0 Å². The lowest BCUT2D eigenvalue weighted by molar-refractivity contribution is 0.573. The van der Waals surface area contributed by atoms with Crippen molar-refractivity contribution in [1.29, 1.82) is 0 Å². The normalized spacial score (nSPS) is 15.7. The Labute approximate surface area is 123 Å². The van der Waals surface area contributed by atoms with Crippen LogP contribution in [0.15, 0.2) is 23.1 Å². The fourth-order valence-electron chi connectivity index (χ4n) is 1.70. The van der Waals surface area contributed by atoms with Gasteiger partial charge < -0.3 is 5.32 Å². The molecule has 0 heterocycles. The summed E-state index contributed by atoms with van der Waals surface area (Å²) in [6.45, 7) is 1.17. The largest absolute Gasteiger partial charge is 0.314 e. The Bertz CT molecular complexity index is 524. The fraction of sp³-hybridized carbons (Fsp3) is 0.500. The van der Waals surface area contributed by atoms with Crippen molar-refractivity contribution in [3.63, 3.8) is 0 Å². The van der Waals surface area contributed by atoms with Crippen LogP contribution in [-0.2, 0) is 10.0 Å². The topological polar surface area (TPSA) is 58.2 Å². The molecule has 2 N–H and O–H groups in total. The third-order valence-corrected chi connectivity index (χ3v) is 5.26. The Hall–Kier alpha value is -0.330. The maximum atomic E-state index is 12.1. The highest BCUT2D eigenvalue weighted by atomic mass is 35.5. The van der Waals surface area contributed by atoms with Crippen LogP contribution in [0.2, 0.25) is 10.0 Å². The van der Waals surface area contributed by atoms with Gasteiger partial charge in [0.15, 0.2) is 0 Å². The van der Waals surface area contributed by atoms with Crippen molar-refractivity contribution < 1.29 is 8.42 Å². The van der Waals surface area contributed by atoms with Crippen LogP contribution in [0.5, 0.6) is 0 Å². The summed E-state index contributed by atoms with van der Waals surface area (Å²) in [4.78, 5) is -0.0477. The molecule has 4 nitrogen and oxygen atoms in total. The third-order valence-electron chi connectivity index (χ3n) is 2.84. The summed E-state index contributed by atoms with van der Waals surface area (Å²) in [5.74, 6) is 0. The molecule has 0 spiro atoms. The SMILES string of the molecule is O=S(=O)(NCCCNC1CC1)c1c(Cl)cccc1Cl. The summed E-state index contributed by atoms with van der Waals surface area (Å²) >= 11 is 11.8. The first kappa shape index (κ1) is 15.1. The first-order valence-corrected chi connectivity index (χ1v) is 8.41. The van der Waals surface area contributed by atoms with Crippen LogP contribution in [-0.4, -0.2) is 27.5 Å². The maximum absolute atomic E-state index is 12.1. The quantitative estimate of drug-likeness (QED) is 0.758. The van der Waals surface area contributed by atoms with Gasteiger partial charge in [0.2, 0.25) is 10.0 Å². The summed E-state index contributed by atoms with van der Waals surface area (Å²) in [5.41, 5.74) is 0. The van der Waals surface area contributed by atoms with E-state index in [1.165, 1.54) is 25.0 Å². The first-order chi connectivity index (χ1) is 9.00. The molecular formula is C12H16Cl2N2O2S. The summed E-state index contributed by atoms with van der Waals surface area (Å²) in [5, 5.41) is 3.59. The molecule has 0 aliphatic heterocycles. The van der Waals surface area contributed by atoms with Crippen molar-refractivity contribution in [2.24, 2.45) is 0 Å². The lowest BCUT2D eigenvalue weighted by Gasteiger charge is -2.10. The molecule has 1 aliphatic rings. The number of rotatable bonds is 7. The minimum atomic E-state index is -3.65. The van der Waals surface area contributed by atoms with Crippen molar-refractivity contribution in [2.75, 3.05) is 13.1 Å². The molecule has 0 radical (unpaired) electrons. The molecule has 7 heteroatoms. The second-order valence-electron chi connectivity index (χ2n) is 4.53. The molecule has 0 atom stereocenters. The van der Waals surface area contributed by atoms with Crippen molar-refractivity contribution in [2.45, 2.75) is 30.2 Å². The van der Waals surface area contributed by atoms with Gasteiger partial charge in [-0.2, -0.15) is 0 Å². The minimum Gasteiger partial charge on any atom is -0.314 e. The van der Waals surface area contributed by atoms with E-state index in [9.17, 15) is 8.42 Å². The first-order valence-electron chi connectivity index (χ1n) is 6.18. The molecule has 106 valence electrons. The Morgan fingerprint density at radius 3 is 2.37 bits per heavy atom. The summed E-state index contributed by atoms with van der Waals surface area (Å²) in [7, 11) is -3.65. The zero-order valence-electron chi connectivity index (χ0n) is 10.3. The van der Waals surface area contributed by atoms with Gasteiger partial charge in [-0.15, -0.1) is 0 Å². The molecular weight excluding hydrogens is 307 g/mol. The lowest BCUT2D eigenvalue weighted by Crippen LogP contribution is -2.28. The van der Waals surface area contributed by atoms with E-state index in [1.54, 1.807) is 6.07 Å². The Morgan fingerprint density at radius 2 is 1.79 bits per heavy atom. The van der Waals surface area contributed by atoms with E-state index >= 15 is 0 Å². The molecule has 0 saturated heterocycles. The van der Waals surface area contributed by atoms with E-state index in [0.717, 1.165) is 13.0 Å². The Kier molecular flexibility index (Phi) is 5.09. The molecule has 1 saturated carbocycles.